The summed E-state index contributed by atoms with van der Waals surface area (Å²) >= 11 is 0. The highest BCUT2D eigenvalue weighted by atomic mass is 16.2. The molecule has 0 aromatic heterocycles. The molecule has 0 spiro atoms. The Morgan fingerprint density at radius 2 is 1.30 bits per heavy atom. The van der Waals surface area contributed by atoms with E-state index in [0.29, 0.717) is 12.3 Å². The quantitative estimate of drug-likeness (QED) is 0.779. The second-order valence-electron chi connectivity index (χ2n) is 8.06. The van der Waals surface area contributed by atoms with Crippen molar-refractivity contribution in [3.63, 3.8) is 0 Å². The van der Waals surface area contributed by atoms with Gasteiger partial charge >= 0.3 is 0 Å². The van der Waals surface area contributed by atoms with Crippen LogP contribution in [0.3, 0.4) is 0 Å². The van der Waals surface area contributed by atoms with E-state index in [1.165, 1.54) is 64.2 Å². The molecule has 3 nitrogen and oxygen atoms in total. The smallest absolute Gasteiger partial charge is 0.222 e. The molecule has 3 fully saturated rings. The van der Waals surface area contributed by atoms with Crippen LogP contribution in [0.25, 0.3) is 0 Å². The molecule has 0 N–H and O–H groups in total. The third-order valence-electron chi connectivity index (χ3n) is 6.66. The van der Waals surface area contributed by atoms with Gasteiger partial charge in [-0.2, -0.15) is 0 Å². The van der Waals surface area contributed by atoms with Crippen molar-refractivity contribution in [2.24, 2.45) is 11.8 Å². The fraction of sp³-hybridized carbons (Fsp3) is 0.950. The Kier molecular flexibility index (Phi) is 6.38. The van der Waals surface area contributed by atoms with Crippen LogP contribution in [0.15, 0.2) is 0 Å². The summed E-state index contributed by atoms with van der Waals surface area (Å²) in [6, 6.07) is 0.814. The first-order chi connectivity index (χ1) is 11.3. The highest BCUT2D eigenvalue weighted by molar-refractivity contribution is 5.75. The van der Waals surface area contributed by atoms with Gasteiger partial charge in [-0.3, -0.25) is 9.69 Å². The van der Waals surface area contributed by atoms with Crippen molar-refractivity contribution < 1.29 is 4.79 Å². The summed E-state index contributed by atoms with van der Waals surface area (Å²) in [6.07, 6.45) is 15.2. The topological polar surface area (TPSA) is 23.6 Å². The van der Waals surface area contributed by atoms with Crippen molar-refractivity contribution in [3.8, 4) is 0 Å². The lowest BCUT2D eigenvalue weighted by atomic mass is 9.73. The van der Waals surface area contributed by atoms with Crippen molar-refractivity contribution in [3.05, 3.63) is 0 Å². The first kappa shape index (κ1) is 17.3. The van der Waals surface area contributed by atoms with E-state index in [1.54, 1.807) is 0 Å². The standard InChI is InChI=1S/C20H36N2O/c1-2-19(23)21-13-15-22(16-14-21)20(17-9-5-3-6-10-17)18-11-7-4-8-12-18/h17-18,20H,2-16H2,1H3. The van der Waals surface area contributed by atoms with Crippen LogP contribution < -0.4 is 0 Å². The molecule has 3 aliphatic rings. The third kappa shape index (κ3) is 4.29. The zero-order valence-electron chi connectivity index (χ0n) is 15.1. The van der Waals surface area contributed by atoms with Crippen LogP contribution >= 0.6 is 0 Å². The Morgan fingerprint density at radius 3 is 1.74 bits per heavy atom. The fourth-order valence-electron chi connectivity index (χ4n) is 5.43. The molecule has 23 heavy (non-hydrogen) atoms. The maximum Gasteiger partial charge on any atom is 0.222 e. The van der Waals surface area contributed by atoms with E-state index in [4.69, 9.17) is 0 Å². The van der Waals surface area contributed by atoms with Gasteiger partial charge in [-0.05, 0) is 37.5 Å². The minimum Gasteiger partial charge on any atom is -0.340 e. The zero-order chi connectivity index (χ0) is 16.1. The van der Waals surface area contributed by atoms with Crippen LogP contribution in [-0.2, 0) is 4.79 Å². The molecule has 1 heterocycles. The van der Waals surface area contributed by atoms with E-state index in [0.717, 1.165) is 44.1 Å². The third-order valence-corrected chi connectivity index (χ3v) is 6.66. The van der Waals surface area contributed by atoms with Crippen molar-refractivity contribution in [1.29, 1.82) is 0 Å². The molecular formula is C20H36N2O. The van der Waals surface area contributed by atoms with Gasteiger partial charge in [0.15, 0.2) is 0 Å². The van der Waals surface area contributed by atoms with E-state index >= 15 is 0 Å². The van der Waals surface area contributed by atoms with Crippen LogP contribution in [0.4, 0.5) is 0 Å². The zero-order valence-corrected chi connectivity index (χ0v) is 15.1. The van der Waals surface area contributed by atoms with Gasteiger partial charge in [0.1, 0.15) is 0 Å². The number of hydrogen-bond donors (Lipinski definition) is 0. The molecule has 3 rings (SSSR count). The number of piperazine rings is 1. The second kappa shape index (κ2) is 8.50. The molecule has 0 aromatic rings. The summed E-state index contributed by atoms with van der Waals surface area (Å²) in [5, 5.41) is 0. The Hall–Kier alpha value is -0.570. The van der Waals surface area contributed by atoms with Crippen molar-refractivity contribution in [1.82, 2.24) is 9.80 Å². The average Bonchev–Trinajstić information content (AvgIpc) is 2.64. The molecule has 1 aliphatic heterocycles. The number of hydrogen-bond acceptors (Lipinski definition) is 2. The molecule has 0 unspecified atom stereocenters. The van der Waals surface area contributed by atoms with Crippen LogP contribution in [0.1, 0.15) is 77.6 Å². The Balaban J connectivity index is 1.64. The summed E-state index contributed by atoms with van der Waals surface area (Å²) in [5.41, 5.74) is 0. The fourth-order valence-corrected chi connectivity index (χ4v) is 5.43. The predicted octanol–water partition coefficient (Wildman–Crippen LogP) is 4.07. The van der Waals surface area contributed by atoms with Crippen molar-refractivity contribution in [2.75, 3.05) is 26.2 Å². The maximum absolute atomic E-state index is 12.0. The van der Waals surface area contributed by atoms with E-state index < -0.39 is 0 Å². The summed E-state index contributed by atoms with van der Waals surface area (Å²) in [6.45, 7) is 6.14. The monoisotopic (exact) mass is 320 g/mol. The first-order valence-corrected chi connectivity index (χ1v) is 10.3. The normalized spacial score (nSPS) is 25.9. The van der Waals surface area contributed by atoms with Crippen LogP contribution in [0.2, 0.25) is 0 Å². The SMILES string of the molecule is CCC(=O)N1CCN(C(C2CCCCC2)C2CCCCC2)CC1. The molecule has 1 amide bonds. The van der Waals surface area contributed by atoms with Gasteiger partial charge in [0.05, 0.1) is 0 Å². The largest absolute Gasteiger partial charge is 0.340 e. The number of amides is 1. The minimum atomic E-state index is 0.344. The number of rotatable bonds is 4. The summed E-state index contributed by atoms with van der Waals surface area (Å²) in [5.74, 6) is 2.21. The van der Waals surface area contributed by atoms with E-state index in [9.17, 15) is 4.79 Å². The van der Waals surface area contributed by atoms with Crippen molar-refractivity contribution >= 4 is 5.91 Å². The molecule has 0 aromatic carbocycles. The molecule has 1 saturated heterocycles. The number of carbonyl (C=O) groups excluding carboxylic acids is 1. The lowest BCUT2D eigenvalue weighted by molar-refractivity contribution is -0.133. The van der Waals surface area contributed by atoms with Gasteiger partial charge in [0, 0.05) is 38.6 Å². The number of nitrogens with zero attached hydrogens (tertiary/aromatic N) is 2. The molecule has 132 valence electrons. The Labute approximate surface area is 142 Å². The van der Waals surface area contributed by atoms with Crippen LogP contribution in [-0.4, -0.2) is 47.9 Å². The van der Waals surface area contributed by atoms with Gasteiger partial charge in [-0.15, -0.1) is 0 Å². The van der Waals surface area contributed by atoms with Crippen molar-refractivity contribution in [2.45, 2.75) is 83.6 Å². The predicted molar refractivity (Wildman–Crippen MR) is 95.4 cm³/mol. The van der Waals surface area contributed by atoms with Gasteiger partial charge in [0.25, 0.3) is 0 Å². The van der Waals surface area contributed by atoms with E-state index in [2.05, 4.69) is 9.80 Å². The molecule has 0 atom stereocenters. The lowest BCUT2D eigenvalue weighted by Crippen LogP contribution is -2.56. The molecule has 2 aliphatic carbocycles. The molecule has 0 bridgehead atoms. The molecule has 2 saturated carbocycles. The maximum atomic E-state index is 12.0. The average molecular weight is 321 g/mol. The first-order valence-electron chi connectivity index (χ1n) is 10.3. The van der Waals surface area contributed by atoms with E-state index in [-0.39, 0.29) is 0 Å². The van der Waals surface area contributed by atoms with Gasteiger partial charge in [-0.25, -0.2) is 0 Å². The highest BCUT2D eigenvalue weighted by Gasteiger charge is 2.37. The number of carbonyl (C=O) groups is 1. The summed E-state index contributed by atoms with van der Waals surface area (Å²) < 4.78 is 0. The highest BCUT2D eigenvalue weighted by Crippen LogP contribution is 2.38. The summed E-state index contributed by atoms with van der Waals surface area (Å²) in [7, 11) is 0. The van der Waals surface area contributed by atoms with Crippen LogP contribution in [0.5, 0.6) is 0 Å². The Bertz CT molecular complexity index is 346. The van der Waals surface area contributed by atoms with Gasteiger partial charge in [0.2, 0.25) is 5.91 Å². The lowest BCUT2D eigenvalue weighted by Gasteiger charge is -2.47. The van der Waals surface area contributed by atoms with Gasteiger partial charge < -0.3 is 4.90 Å². The van der Waals surface area contributed by atoms with Gasteiger partial charge in [-0.1, -0.05) is 45.4 Å². The molecule has 3 heteroatoms. The second-order valence-corrected chi connectivity index (χ2v) is 8.06. The summed E-state index contributed by atoms with van der Waals surface area (Å²) in [4.78, 5) is 16.8. The Morgan fingerprint density at radius 1 is 0.826 bits per heavy atom. The molecule has 0 radical (unpaired) electrons. The molecular weight excluding hydrogens is 284 g/mol. The minimum absolute atomic E-state index is 0.344. The van der Waals surface area contributed by atoms with Crippen LogP contribution in [0, 0.1) is 11.8 Å². The van der Waals surface area contributed by atoms with E-state index in [1.807, 2.05) is 6.92 Å².